The Hall–Kier alpha value is -2.12. The van der Waals surface area contributed by atoms with Crippen LogP contribution in [0.15, 0.2) is 12.1 Å². The maximum Gasteiger partial charge on any atom is 0.338 e. The molecule has 2 heterocycles. The molecule has 1 amide bonds. The first-order chi connectivity index (χ1) is 14.2. The lowest BCUT2D eigenvalue weighted by Gasteiger charge is -2.39. The number of anilines is 1. The molecule has 0 unspecified atom stereocenters. The van der Waals surface area contributed by atoms with Gasteiger partial charge in [-0.2, -0.15) is 0 Å². The normalized spacial score (nSPS) is 18.8. The van der Waals surface area contributed by atoms with Gasteiger partial charge in [0.2, 0.25) is 0 Å². The molecule has 0 aromatic heterocycles. The summed E-state index contributed by atoms with van der Waals surface area (Å²) in [4.78, 5) is 26.8. The third-order valence-electron chi connectivity index (χ3n) is 5.42. The maximum atomic E-state index is 13.0. The lowest BCUT2D eigenvalue weighted by atomic mass is 9.99. The molecule has 30 heavy (non-hydrogen) atoms. The minimum atomic E-state index is -0.977. The Balaban J connectivity index is 0.00000155. The molecule has 1 fully saturated rings. The van der Waals surface area contributed by atoms with Crippen molar-refractivity contribution in [2.24, 2.45) is 0 Å². The maximum absolute atomic E-state index is 13.0. The fraction of sp³-hybridized carbons (Fsp3) is 0.652. The smallest absolute Gasteiger partial charge is 0.338 e. The molecule has 1 saturated heterocycles. The summed E-state index contributed by atoms with van der Waals surface area (Å²) in [5.41, 5.74) is 0.784. The third kappa shape index (κ3) is 4.78. The monoisotopic (exact) mass is 421 g/mol. The highest BCUT2D eigenvalue weighted by Gasteiger charge is 2.42. The molecular formula is C23H35NO6. The summed E-state index contributed by atoms with van der Waals surface area (Å²) in [6.45, 7) is 13.1. The van der Waals surface area contributed by atoms with E-state index in [1.54, 1.807) is 30.9 Å². The molecule has 3 rings (SSSR count). The lowest BCUT2D eigenvalue weighted by Crippen LogP contribution is -2.53. The van der Waals surface area contributed by atoms with Crippen molar-refractivity contribution in [1.82, 2.24) is 0 Å². The number of ether oxygens (including phenoxy) is 4. The van der Waals surface area contributed by atoms with E-state index in [0.29, 0.717) is 49.6 Å². The van der Waals surface area contributed by atoms with Crippen molar-refractivity contribution in [2.75, 3.05) is 31.8 Å². The highest BCUT2D eigenvalue weighted by atomic mass is 16.7. The fourth-order valence-electron chi connectivity index (χ4n) is 3.80. The minimum absolute atomic E-state index is 0.140. The van der Waals surface area contributed by atoms with Gasteiger partial charge in [0.1, 0.15) is 5.75 Å². The number of rotatable bonds is 6. The Bertz CT molecular complexity index is 767. The van der Waals surface area contributed by atoms with Gasteiger partial charge < -0.3 is 23.8 Å². The number of nitrogens with zero attached hydrogens (tertiary/aromatic N) is 1. The molecule has 0 aliphatic carbocycles. The molecule has 168 valence electrons. The molecule has 0 N–H and O–H groups in total. The molecule has 7 nitrogen and oxygen atoms in total. The number of fused-ring (bicyclic) bond motifs is 1. The first kappa shape index (κ1) is 24.2. The van der Waals surface area contributed by atoms with Gasteiger partial charge in [-0.1, -0.05) is 20.8 Å². The summed E-state index contributed by atoms with van der Waals surface area (Å²) in [6, 6.07) is 3.47. The van der Waals surface area contributed by atoms with Crippen LogP contribution >= 0.6 is 0 Å². The molecule has 7 heteroatoms. The van der Waals surface area contributed by atoms with Crippen LogP contribution in [0.2, 0.25) is 0 Å². The summed E-state index contributed by atoms with van der Waals surface area (Å²) in [5, 5.41) is 0. The van der Waals surface area contributed by atoms with Crippen LogP contribution in [0.5, 0.6) is 5.75 Å². The van der Waals surface area contributed by atoms with Crippen LogP contribution in [0, 0.1) is 6.92 Å². The van der Waals surface area contributed by atoms with E-state index in [-0.39, 0.29) is 5.91 Å². The molecule has 0 bridgehead atoms. The summed E-state index contributed by atoms with van der Waals surface area (Å²) in [7, 11) is 1.34. The van der Waals surface area contributed by atoms with Crippen LogP contribution in [0.4, 0.5) is 5.69 Å². The van der Waals surface area contributed by atoms with Gasteiger partial charge >= 0.3 is 5.97 Å². The standard InChI is InChI=1S/C21H29NO6.C2H6/c1-6-21(26-10-11-27-21)8-7-9-22-16-13-15(18(23)25-5)14(2)12-17(16)28-20(3,4)19(22)24;1-2/h12-13H,6-11H2,1-5H3;1-2H3. The van der Waals surface area contributed by atoms with Gasteiger partial charge in [-0.25, -0.2) is 4.79 Å². The molecular weight excluding hydrogens is 386 g/mol. The van der Waals surface area contributed by atoms with Crippen molar-refractivity contribution in [3.05, 3.63) is 23.3 Å². The average Bonchev–Trinajstić information content (AvgIpc) is 3.20. The Morgan fingerprint density at radius 3 is 2.40 bits per heavy atom. The largest absolute Gasteiger partial charge is 0.476 e. The van der Waals surface area contributed by atoms with E-state index in [4.69, 9.17) is 18.9 Å². The van der Waals surface area contributed by atoms with Crippen LogP contribution in [0.3, 0.4) is 0 Å². The molecule has 0 atom stereocenters. The van der Waals surface area contributed by atoms with E-state index in [2.05, 4.69) is 0 Å². The number of methoxy groups -OCH3 is 1. The van der Waals surface area contributed by atoms with Crippen molar-refractivity contribution >= 4 is 17.6 Å². The SMILES string of the molecule is CC.CCC1(CCCN2C(=O)C(C)(C)Oc3cc(C)c(C(=O)OC)cc32)OCCO1. The number of aryl methyl sites for hydroxylation is 1. The topological polar surface area (TPSA) is 74.3 Å². The number of esters is 1. The second-order valence-electron chi connectivity index (χ2n) is 7.76. The third-order valence-corrected chi connectivity index (χ3v) is 5.42. The molecule has 0 saturated carbocycles. The summed E-state index contributed by atoms with van der Waals surface area (Å²) < 4.78 is 22.4. The summed E-state index contributed by atoms with van der Waals surface area (Å²) in [6.07, 6.45) is 2.16. The number of benzene rings is 1. The Kier molecular flexibility index (Phi) is 7.88. The van der Waals surface area contributed by atoms with Gasteiger partial charge in [0, 0.05) is 13.0 Å². The summed E-state index contributed by atoms with van der Waals surface area (Å²) >= 11 is 0. The predicted molar refractivity (Wildman–Crippen MR) is 115 cm³/mol. The fourth-order valence-corrected chi connectivity index (χ4v) is 3.80. The number of amides is 1. The predicted octanol–water partition coefficient (Wildman–Crippen LogP) is 4.25. The van der Waals surface area contributed by atoms with E-state index in [0.717, 1.165) is 12.0 Å². The van der Waals surface area contributed by atoms with E-state index in [9.17, 15) is 9.59 Å². The number of hydrogen-bond acceptors (Lipinski definition) is 6. The number of carbonyl (C=O) groups excluding carboxylic acids is 2. The minimum Gasteiger partial charge on any atom is -0.476 e. The van der Waals surface area contributed by atoms with Gasteiger partial charge in [-0.05, 0) is 51.3 Å². The van der Waals surface area contributed by atoms with Gasteiger partial charge in [0.05, 0.1) is 31.6 Å². The molecule has 0 spiro atoms. The number of hydrogen-bond donors (Lipinski definition) is 0. The van der Waals surface area contributed by atoms with E-state index < -0.39 is 17.4 Å². The Labute approximate surface area is 179 Å². The first-order valence-corrected chi connectivity index (χ1v) is 10.7. The van der Waals surface area contributed by atoms with Gasteiger partial charge in [0.15, 0.2) is 11.4 Å². The zero-order chi connectivity index (χ0) is 22.5. The van der Waals surface area contributed by atoms with Crippen molar-refractivity contribution in [3.63, 3.8) is 0 Å². The number of carbonyl (C=O) groups is 2. The van der Waals surface area contributed by atoms with Crippen LogP contribution < -0.4 is 9.64 Å². The van der Waals surface area contributed by atoms with Crippen molar-refractivity contribution < 1.29 is 28.5 Å². The van der Waals surface area contributed by atoms with E-state index in [1.807, 2.05) is 27.7 Å². The van der Waals surface area contributed by atoms with E-state index >= 15 is 0 Å². The molecule has 1 aromatic carbocycles. The second-order valence-corrected chi connectivity index (χ2v) is 7.76. The first-order valence-electron chi connectivity index (χ1n) is 10.7. The molecule has 0 radical (unpaired) electrons. The highest BCUT2D eigenvalue weighted by molar-refractivity contribution is 6.04. The van der Waals surface area contributed by atoms with Crippen LogP contribution in [-0.2, 0) is 19.0 Å². The second kappa shape index (κ2) is 9.79. The van der Waals surface area contributed by atoms with Crippen LogP contribution in [0.25, 0.3) is 0 Å². The van der Waals surface area contributed by atoms with Crippen molar-refractivity contribution in [3.8, 4) is 5.75 Å². The van der Waals surface area contributed by atoms with Crippen molar-refractivity contribution in [1.29, 1.82) is 0 Å². The van der Waals surface area contributed by atoms with E-state index in [1.165, 1.54) is 7.11 Å². The van der Waals surface area contributed by atoms with Gasteiger partial charge in [0.25, 0.3) is 5.91 Å². The molecule has 1 aromatic rings. The Morgan fingerprint density at radius 2 is 1.83 bits per heavy atom. The quantitative estimate of drug-likeness (QED) is 0.640. The molecule has 2 aliphatic heterocycles. The van der Waals surface area contributed by atoms with Crippen LogP contribution in [0.1, 0.15) is 69.8 Å². The Morgan fingerprint density at radius 1 is 1.20 bits per heavy atom. The molecule has 2 aliphatic rings. The summed E-state index contributed by atoms with van der Waals surface area (Å²) in [5.74, 6) is -0.542. The zero-order valence-electron chi connectivity index (χ0n) is 19.3. The highest BCUT2D eigenvalue weighted by Crippen LogP contribution is 2.40. The van der Waals surface area contributed by atoms with Crippen molar-refractivity contribution in [2.45, 2.75) is 72.2 Å². The zero-order valence-corrected chi connectivity index (χ0v) is 19.3. The van der Waals surface area contributed by atoms with Gasteiger partial charge in [-0.15, -0.1) is 0 Å². The van der Waals surface area contributed by atoms with Gasteiger partial charge in [-0.3, -0.25) is 4.79 Å². The average molecular weight is 422 g/mol. The lowest BCUT2D eigenvalue weighted by molar-refractivity contribution is -0.164. The van der Waals surface area contributed by atoms with Crippen LogP contribution in [-0.4, -0.2) is 50.1 Å².